The van der Waals surface area contributed by atoms with Gasteiger partial charge in [0.25, 0.3) is 17.5 Å². The van der Waals surface area contributed by atoms with Gasteiger partial charge in [-0.3, -0.25) is 20.2 Å². The Balaban J connectivity index is 1.49. The summed E-state index contributed by atoms with van der Waals surface area (Å²) in [7, 11) is 0. The summed E-state index contributed by atoms with van der Waals surface area (Å²) in [4.78, 5) is 27.6. The fourth-order valence-electron chi connectivity index (χ4n) is 3.68. The second-order valence-corrected chi connectivity index (χ2v) is 8.55. The van der Waals surface area contributed by atoms with Gasteiger partial charge in [-0.1, -0.05) is 53.5 Å². The molecular formula is C24H16Cl2N6O3. The van der Waals surface area contributed by atoms with Crippen LogP contribution in [0.2, 0.25) is 10.0 Å². The maximum atomic E-state index is 12.7. The van der Waals surface area contributed by atoms with Crippen LogP contribution in [0.4, 0.5) is 17.6 Å². The number of allylic oxidation sites excluding steroid dienone is 1. The van der Waals surface area contributed by atoms with E-state index in [1.807, 2.05) is 30.3 Å². The predicted octanol–water partition coefficient (Wildman–Crippen LogP) is 5.80. The molecular weight excluding hydrogens is 491 g/mol. The number of benzene rings is 3. The molecule has 0 fully saturated rings. The highest BCUT2D eigenvalue weighted by atomic mass is 35.5. The van der Waals surface area contributed by atoms with Crippen LogP contribution in [0.3, 0.4) is 0 Å². The number of fused-ring (bicyclic) bond motifs is 1. The number of anilines is 2. The lowest BCUT2D eigenvalue weighted by Gasteiger charge is -2.24. The monoisotopic (exact) mass is 506 g/mol. The largest absolute Gasteiger partial charge is 0.324 e. The van der Waals surface area contributed by atoms with Crippen LogP contribution in [0.25, 0.3) is 5.70 Å². The molecule has 3 aromatic carbocycles. The first kappa shape index (κ1) is 22.6. The molecule has 1 amide bonds. The number of nitrogens with zero attached hydrogens (tertiary/aromatic N) is 4. The number of carbonyl (C=O) groups is 1. The van der Waals surface area contributed by atoms with Crippen molar-refractivity contribution < 1.29 is 9.72 Å². The molecule has 174 valence electrons. The van der Waals surface area contributed by atoms with E-state index in [4.69, 9.17) is 23.2 Å². The first-order chi connectivity index (χ1) is 16.9. The van der Waals surface area contributed by atoms with E-state index >= 15 is 0 Å². The average molecular weight is 507 g/mol. The van der Waals surface area contributed by atoms with Gasteiger partial charge in [-0.25, -0.2) is 4.68 Å². The molecule has 0 saturated heterocycles. The molecule has 11 heteroatoms. The maximum Gasteiger partial charge on any atom is 0.270 e. The summed E-state index contributed by atoms with van der Waals surface area (Å²) >= 11 is 12.1. The first-order valence-electron chi connectivity index (χ1n) is 10.4. The Morgan fingerprint density at radius 3 is 2.40 bits per heavy atom. The third kappa shape index (κ3) is 4.72. The molecule has 9 nitrogen and oxygen atoms in total. The Kier molecular flexibility index (Phi) is 5.94. The molecule has 35 heavy (non-hydrogen) atoms. The second-order valence-electron chi connectivity index (χ2n) is 7.67. The average Bonchev–Trinajstić information content (AvgIpc) is 3.27. The quantitative estimate of drug-likeness (QED) is 0.261. The first-order valence-corrected chi connectivity index (χ1v) is 11.2. The van der Waals surface area contributed by atoms with E-state index in [0.29, 0.717) is 16.0 Å². The standard InChI is InChI=1S/C24H16Cl2N6O3/c25-17-8-4-14(5-9-17)20-13-21(15-6-10-18(26)11-7-15)31-24(27-20)29-23(30-31)28-22(33)16-2-1-3-19(12-16)32(34)35/h1-13,21H,(H2,27,28,29,30,33)/t21-/m1/s1. The number of nitro benzene ring substituents is 1. The Bertz CT molecular complexity index is 1470. The van der Waals surface area contributed by atoms with E-state index in [9.17, 15) is 14.9 Å². The van der Waals surface area contributed by atoms with Crippen molar-refractivity contribution in [2.24, 2.45) is 0 Å². The molecule has 1 aliphatic heterocycles. The van der Waals surface area contributed by atoms with E-state index in [1.165, 1.54) is 24.3 Å². The molecule has 1 atom stereocenters. The number of non-ortho nitro benzene ring substituents is 1. The zero-order valence-electron chi connectivity index (χ0n) is 17.9. The van der Waals surface area contributed by atoms with Crippen molar-refractivity contribution in [2.45, 2.75) is 6.04 Å². The number of aromatic nitrogens is 3. The summed E-state index contributed by atoms with van der Waals surface area (Å²) in [6.07, 6.45) is 1.99. The number of carbonyl (C=O) groups excluding carboxylic acids is 1. The van der Waals surface area contributed by atoms with E-state index < -0.39 is 10.8 Å². The molecule has 0 bridgehead atoms. The fourth-order valence-corrected chi connectivity index (χ4v) is 3.93. The van der Waals surface area contributed by atoms with E-state index in [2.05, 4.69) is 20.7 Å². The Morgan fingerprint density at radius 2 is 1.71 bits per heavy atom. The lowest BCUT2D eigenvalue weighted by molar-refractivity contribution is -0.384. The Labute approximate surface area is 209 Å². The van der Waals surface area contributed by atoms with Crippen LogP contribution in [0.1, 0.15) is 27.5 Å². The molecule has 0 radical (unpaired) electrons. The van der Waals surface area contributed by atoms with Crippen molar-refractivity contribution in [1.29, 1.82) is 0 Å². The van der Waals surface area contributed by atoms with Crippen LogP contribution in [0.5, 0.6) is 0 Å². The highest BCUT2D eigenvalue weighted by Gasteiger charge is 2.26. The van der Waals surface area contributed by atoms with Gasteiger partial charge in [0, 0.05) is 33.4 Å². The summed E-state index contributed by atoms with van der Waals surface area (Å²) in [6.45, 7) is 0. The van der Waals surface area contributed by atoms with Gasteiger partial charge in [0.1, 0.15) is 6.04 Å². The summed E-state index contributed by atoms with van der Waals surface area (Å²) in [5.74, 6) is -0.106. The van der Waals surface area contributed by atoms with E-state index in [0.717, 1.165) is 16.8 Å². The maximum absolute atomic E-state index is 12.7. The lowest BCUT2D eigenvalue weighted by atomic mass is 10.0. The minimum atomic E-state index is -0.564. The van der Waals surface area contributed by atoms with Gasteiger partial charge in [0.2, 0.25) is 5.95 Å². The predicted molar refractivity (Wildman–Crippen MR) is 134 cm³/mol. The van der Waals surface area contributed by atoms with Crippen LogP contribution in [-0.2, 0) is 0 Å². The van der Waals surface area contributed by atoms with Gasteiger partial charge < -0.3 is 5.32 Å². The number of nitro groups is 1. The van der Waals surface area contributed by atoms with Gasteiger partial charge >= 0.3 is 0 Å². The van der Waals surface area contributed by atoms with Crippen LogP contribution in [0, 0.1) is 10.1 Å². The SMILES string of the molecule is O=C(Nc1nc2n(n1)[C@@H](c1ccc(Cl)cc1)C=C(c1ccc(Cl)cc1)N2)c1cccc([N+](=O)[O-])c1. The highest BCUT2D eigenvalue weighted by molar-refractivity contribution is 6.30. The third-order valence-electron chi connectivity index (χ3n) is 5.38. The molecule has 0 unspecified atom stereocenters. The zero-order valence-corrected chi connectivity index (χ0v) is 19.4. The van der Waals surface area contributed by atoms with E-state index in [1.54, 1.807) is 28.9 Å². The fraction of sp³-hybridized carbons (Fsp3) is 0.0417. The zero-order chi connectivity index (χ0) is 24.5. The molecule has 2 heterocycles. The molecule has 0 aliphatic carbocycles. The minimum Gasteiger partial charge on any atom is -0.324 e. The summed E-state index contributed by atoms with van der Waals surface area (Å²) in [6, 6.07) is 19.8. The molecule has 5 rings (SSSR count). The number of rotatable bonds is 5. The number of hydrogen-bond acceptors (Lipinski definition) is 6. The Hall–Kier alpha value is -4.21. The van der Waals surface area contributed by atoms with Crippen LogP contribution in [0.15, 0.2) is 78.9 Å². The van der Waals surface area contributed by atoms with Gasteiger partial charge in [-0.2, -0.15) is 4.98 Å². The molecule has 0 saturated carbocycles. The number of halogens is 2. The number of hydrogen-bond donors (Lipinski definition) is 2. The minimum absolute atomic E-state index is 0.0497. The summed E-state index contributed by atoms with van der Waals surface area (Å²) in [5.41, 5.74) is 2.53. The van der Waals surface area contributed by atoms with Crippen molar-refractivity contribution in [3.8, 4) is 0 Å². The number of amides is 1. The lowest BCUT2D eigenvalue weighted by Crippen LogP contribution is -2.20. The Morgan fingerprint density at radius 1 is 1.03 bits per heavy atom. The van der Waals surface area contributed by atoms with E-state index in [-0.39, 0.29) is 23.2 Å². The van der Waals surface area contributed by atoms with Crippen LogP contribution in [-0.4, -0.2) is 25.6 Å². The molecule has 1 aromatic heterocycles. The van der Waals surface area contributed by atoms with Gasteiger partial charge in [-0.05, 0) is 47.5 Å². The molecule has 2 N–H and O–H groups in total. The number of nitrogens with one attached hydrogen (secondary N) is 2. The third-order valence-corrected chi connectivity index (χ3v) is 5.88. The summed E-state index contributed by atoms with van der Waals surface area (Å²) < 4.78 is 1.64. The molecule has 0 spiro atoms. The smallest absolute Gasteiger partial charge is 0.270 e. The van der Waals surface area contributed by atoms with Crippen molar-refractivity contribution in [3.05, 3.63) is 116 Å². The molecule has 1 aliphatic rings. The second kappa shape index (κ2) is 9.21. The normalized spacial score (nSPS) is 14.5. The van der Waals surface area contributed by atoms with Crippen LogP contribution < -0.4 is 10.6 Å². The van der Waals surface area contributed by atoms with Crippen molar-refractivity contribution in [2.75, 3.05) is 10.6 Å². The van der Waals surface area contributed by atoms with Gasteiger partial charge in [-0.15, -0.1) is 5.10 Å². The molecule has 4 aromatic rings. The van der Waals surface area contributed by atoms with Gasteiger partial charge in [0.05, 0.1) is 4.92 Å². The topological polar surface area (TPSA) is 115 Å². The highest BCUT2D eigenvalue weighted by Crippen LogP contribution is 2.34. The van der Waals surface area contributed by atoms with Crippen LogP contribution >= 0.6 is 23.2 Å². The van der Waals surface area contributed by atoms with Crippen molar-refractivity contribution in [1.82, 2.24) is 14.8 Å². The van der Waals surface area contributed by atoms with Gasteiger partial charge in [0.15, 0.2) is 0 Å². The van der Waals surface area contributed by atoms with Crippen molar-refractivity contribution in [3.63, 3.8) is 0 Å². The summed E-state index contributed by atoms with van der Waals surface area (Å²) in [5, 5.41) is 22.6. The van der Waals surface area contributed by atoms with Crippen molar-refractivity contribution >= 4 is 52.4 Å².